The summed E-state index contributed by atoms with van der Waals surface area (Å²) in [5.41, 5.74) is 3.77. The number of hydrogen-bond donors (Lipinski definition) is 1. The second kappa shape index (κ2) is 6.16. The predicted molar refractivity (Wildman–Crippen MR) is 110 cm³/mol. The summed E-state index contributed by atoms with van der Waals surface area (Å²) in [6.07, 6.45) is 6.79. The van der Waals surface area contributed by atoms with Crippen molar-refractivity contribution >= 4 is 16.7 Å². The van der Waals surface area contributed by atoms with Gasteiger partial charge in [-0.25, -0.2) is 9.97 Å². The molecular formula is C22H25N5O2. The Balaban J connectivity index is 1.36. The van der Waals surface area contributed by atoms with Crippen molar-refractivity contribution in [3.63, 3.8) is 0 Å². The molecule has 1 aliphatic carbocycles. The van der Waals surface area contributed by atoms with Gasteiger partial charge in [-0.05, 0) is 57.2 Å². The lowest BCUT2D eigenvalue weighted by molar-refractivity contribution is 0.0302. The molecule has 2 aliphatic heterocycles. The minimum absolute atomic E-state index is 0.0138. The van der Waals surface area contributed by atoms with Crippen molar-refractivity contribution < 1.29 is 9.47 Å². The lowest BCUT2D eigenvalue weighted by Gasteiger charge is -2.32. The van der Waals surface area contributed by atoms with Crippen LogP contribution in [0.3, 0.4) is 0 Å². The van der Waals surface area contributed by atoms with Crippen LogP contribution in [0.1, 0.15) is 38.2 Å². The molecule has 1 N–H and O–H groups in total. The highest BCUT2D eigenvalue weighted by atomic mass is 16.5. The van der Waals surface area contributed by atoms with Crippen LogP contribution in [0, 0.1) is 6.92 Å². The molecule has 0 amide bonds. The third-order valence-corrected chi connectivity index (χ3v) is 6.43. The van der Waals surface area contributed by atoms with Crippen molar-refractivity contribution in [2.24, 2.45) is 0 Å². The summed E-state index contributed by atoms with van der Waals surface area (Å²) in [6.45, 7) is 6.03. The van der Waals surface area contributed by atoms with E-state index in [0.29, 0.717) is 12.2 Å². The number of rotatable bonds is 4. The molecule has 2 saturated heterocycles. The second-order valence-corrected chi connectivity index (χ2v) is 8.91. The summed E-state index contributed by atoms with van der Waals surface area (Å²) in [5, 5.41) is 8.76. The molecule has 29 heavy (non-hydrogen) atoms. The summed E-state index contributed by atoms with van der Waals surface area (Å²) in [4.78, 5) is 11.4. The van der Waals surface area contributed by atoms with E-state index in [9.17, 15) is 0 Å². The number of hydrogen-bond acceptors (Lipinski definition) is 6. The molecule has 2 unspecified atom stereocenters. The third-order valence-electron chi connectivity index (χ3n) is 6.43. The molecule has 2 atom stereocenters. The largest absolute Gasteiger partial charge is 0.487 e. The number of morpholine rings is 1. The minimum atomic E-state index is -0.0138. The molecule has 4 heterocycles. The van der Waals surface area contributed by atoms with E-state index < -0.39 is 0 Å². The fraction of sp³-hybridized carbons (Fsp3) is 0.500. The van der Waals surface area contributed by atoms with Crippen LogP contribution in [0.2, 0.25) is 0 Å². The summed E-state index contributed by atoms with van der Waals surface area (Å²) < 4.78 is 12.2. The average molecular weight is 391 g/mol. The molecule has 150 valence electrons. The van der Waals surface area contributed by atoms with E-state index in [1.54, 1.807) is 6.33 Å². The Morgan fingerprint density at radius 1 is 1.14 bits per heavy atom. The van der Waals surface area contributed by atoms with Crippen LogP contribution in [0.15, 0.2) is 24.5 Å². The molecule has 1 saturated carbocycles. The fourth-order valence-electron chi connectivity index (χ4n) is 4.45. The van der Waals surface area contributed by atoms with E-state index >= 15 is 0 Å². The van der Waals surface area contributed by atoms with Crippen molar-refractivity contribution in [1.82, 2.24) is 20.2 Å². The zero-order chi connectivity index (χ0) is 19.6. The average Bonchev–Trinajstić information content (AvgIpc) is 3.15. The van der Waals surface area contributed by atoms with E-state index in [-0.39, 0.29) is 5.60 Å². The van der Waals surface area contributed by atoms with E-state index in [4.69, 9.17) is 9.47 Å². The van der Waals surface area contributed by atoms with Gasteiger partial charge in [0.25, 0.3) is 0 Å². The SMILES string of the molecule is Cc1cc2[nH]nc(-c3cc(N4CC5CCC(C4)O5)ncn3)c2cc1OC1(C)CC1. The number of nitrogens with zero attached hydrogens (tertiary/aromatic N) is 4. The molecule has 7 nitrogen and oxygen atoms in total. The Morgan fingerprint density at radius 2 is 1.93 bits per heavy atom. The van der Waals surface area contributed by atoms with Crippen LogP contribution in [0.25, 0.3) is 22.3 Å². The number of aromatic nitrogens is 4. The zero-order valence-electron chi connectivity index (χ0n) is 16.8. The molecule has 6 rings (SSSR count). The quantitative estimate of drug-likeness (QED) is 0.732. The first kappa shape index (κ1) is 17.2. The zero-order valence-corrected chi connectivity index (χ0v) is 16.8. The predicted octanol–water partition coefficient (Wildman–Crippen LogP) is 3.63. The van der Waals surface area contributed by atoms with Crippen molar-refractivity contribution in [1.29, 1.82) is 0 Å². The number of aromatic amines is 1. The number of ether oxygens (including phenoxy) is 2. The monoisotopic (exact) mass is 391 g/mol. The molecular weight excluding hydrogens is 366 g/mol. The van der Waals surface area contributed by atoms with Crippen LogP contribution >= 0.6 is 0 Å². The van der Waals surface area contributed by atoms with E-state index in [0.717, 1.165) is 78.2 Å². The summed E-state index contributed by atoms with van der Waals surface area (Å²) in [7, 11) is 0. The summed E-state index contributed by atoms with van der Waals surface area (Å²) in [5.74, 6) is 1.87. The Kier molecular flexibility index (Phi) is 3.66. The van der Waals surface area contributed by atoms with Crippen LogP contribution in [0.5, 0.6) is 5.75 Å². The van der Waals surface area contributed by atoms with Gasteiger partial charge in [0, 0.05) is 24.5 Å². The van der Waals surface area contributed by atoms with Crippen LogP contribution in [-0.4, -0.2) is 51.1 Å². The maximum Gasteiger partial charge on any atom is 0.132 e. The first-order valence-electron chi connectivity index (χ1n) is 10.5. The van der Waals surface area contributed by atoms with Crippen LogP contribution < -0.4 is 9.64 Å². The molecule has 2 bridgehead atoms. The Labute approximate surface area is 169 Å². The highest BCUT2D eigenvalue weighted by molar-refractivity contribution is 5.93. The standard InChI is InChI=1S/C22H25N5O2/c1-13-7-17-16(8-19(13)29-22(2)5-6-22)21(26-25-17)18-9-20(24-12-23-18)27-10-14-3-4-15(11-27)28-14/h7-9,12,14-15H,3-6,10-11H2,1-2H3,(H,25,26). The normalized spacial score (nSPS) is 24.8. The number of nitrogens with one attached hydrogen (secondary N) is 1. The molecule has 0 radical (unpaired) electrons. The Bertz CT molecular complexity index is 1080. The van der Waals surface area contributed by atoms with Gasteiger partial charge in [-0.1, -0.05) is 0 Å². The maximum absolute atomic E-state index is 6.26. The highest BCUT2D eigenvalue weighted by Gasteiger charge is 2.40. The number of benzene rings is 1. The van der Waals surface area contributed by atoms with Gasteiger partial charge in [0.1, 0.15) is 29.2 Å². The first-order valence-corrected chi connectivity index (χ1v) is 10.5. The van der Waals surface area contributed by atoms with Gasteiger partial charge in [0.05, 0.1) is 23.4 Å². The van der Waals surface area contributed by atoms with Gasteiger partial charge in [-0.15, -0.1) is 0 Å². The van der Waals surface area contributed by atoms with E-state index in [1.165, 1.54) is 0 Å². The first-order chi connectivity index (χ1) is 14.1. The number of anilines is 1. The minimum Gasteiger partial charge on any atom is -0.487 e. The van der Waals surface area contributed by atoms with Gasteiger partial charge < -0.3 is 14.4 Å². The van der Waals surface area contributed by atoms with Crippen molar-refractivity contribution in [3.05, 3.63) is 30.1 Å². The third kappa shape index (κ3) is 3.04. The highest BCUT2D eigenvalue weighted by Crippen LogP contribution is 2.42. The molecule has 7 heteroatoms. The smallest absolute Gasteiger partial charge is 0.132 e. The molecule has 2 aromatic heterocycles. The number of H-pyrrole nitrogens is 1. The van der Waals surface area contributed by atoms with Gasteiger partial charge in [-0.3, -0.25) is 5.10 Å². The molecule has 1 aromatic carbocycles. The second-order valence-electron chi connectivity index (χ2n) is 8.91. The lowest BCUT2D eigenvalue weighted by Crippen LogP contribution is -2.43. The summed E-state index contributed by atoms with van der Waals surface area (Å²) in [6, 6.07) is 6.25. The number of fused-ring (bicyclic) bond motifs is 3. The molecule has 3 aromatic rings. The van der Waals surface area contributed by atoms with Gasteiger partial charge in [0.15, 0.2) is 0 Å². The van der Waals surface area contributed by atoms with Crippen LogP contribution in [-0.2, 0) is 4.74 Å². The molecule has 3 fully saturated rings. The van der Waals surface area contributed by atoms with E-state index in [2.05, 4.69) is 51.0 Å². The molecule has 0 spiro atoms. The van der Waals surface area contributed by atoms with Crippen molar-refractivity contribution in [2.45, 2.75) is 57.3 Å². The van der Waals surface area contributed by atoms with Crippen molar-refractivity contribution in [3.8, 4) is 17.1 Å². The Hall–Kier alpha value is -2.67. The topological polar surface area (TPSA) is 76.2 Å². The van der Waals surface area contributed by atoms with Crippen molar-refractivity contribution in [2.75, 3.05) is 18.0 Å². The fourth-order valence-corrected chi connectivity index (χ4v) is 4.45. The summed E-state index contributed by atoms with van der Waals surface area (Å²) >= 11 is 0. The van der Waals surface area contributed by atoms with Gasteiger partial charge in [-0.2, -0.15) is 5.10 Å². The van der Waals surface area contributed by atoms with Gasteiger partial charge >= 0.3 is 0 Å². The number of aryl methyl sites for hydroxylation is 1. The van der Waals surface area contributed by atoms with Gasteiger partial charge in [0.2, 0.25) is 0 Å². The van der Waals surface area contributed by atoms with Crippen LogP contribution in [0.4, 0.5) is 5.82 Å². The molecule has 3 aliphatic rings. The lowest BCUT2D eigenvalue weighted by atomic mass is 10.1. The maximum atomic E-state index is 6.26. The Morgan fingerprint density at radius 3 is 2.69 bits per heavy atom. The van der Waals surface area contributed by atoms with E-state index in [1.807, 2.05) is 6.07 Å².